The molecule has 25 heavy (non-hydrogen) atoms. The Kier molecular flexibility index (Phi) is 4.75. The van der Waals surface area contributed by atoms with Crippen LogP contribution in [0, 0.1) is 11.6 Å². The molecule has 1 saturated heterocycles. The van der Waals surface area contributed by atoms with Crippen molar-refractivity contribution in [2.75, 3.05) is 11.1 Å². The first-order valence-electron chi connectivity index (χ1n) is 9.02. The molecule has 1 aliphatic heterocycles. The van der Waals surface area contributed by atoms with Gasteiger partial charge in [0.25, 0.3) is 0 Å². The fraction of sp³-hybridized carbons (Fsp3) is 0.667. The normalized spacial score (nSPS) is 23.0. The minimum atomic E-state index is -0.981. The van der Waals surface area contributed by atoms with E-state index in [0.29, 0.717) is 0 Å². The van der Waals surface area contributed by atoms with Crippen LogP contribution in [0.3, 0.4) is 0 Å². The Morgan fingerprint density at radius 1 is 1.04 bits per heavy atom. The van der Waals surface area contributed by atoms with Crippen molar-refractivity contribution in [3.8, 4) is 0 Å². The van der Waals surface area contributed by atoms with E-state index in [9.17, 15) is 8.78 Å². The van der Waals surface area contributed by atoms with Gasteiger partial charge in [-0.2, -0.15) is 0 Å². The fourth-order valence-corrected chi connectivity index (χ4v) is 3.41. The first-order valence-corrected chi connectivity index (χ1v) is 9.02. The van der Waals surface area contributed by atoms with Gasteiger partial charge in [-0.05, 0) is 46.6 Å². The Hall–Kier alpha value is -1.34. The van der Waals surface area contributed by atoms with E-state index in [-0.39, 0.29) is 22.9 Å². The Labute approximate surface area is 148 Å². The van der Waals surface area contributed by atoms with Crippen LogP contribution in [0.1, 0.15) is 59.8 Å². The lowest BCUT2D eigenvalue weighted by Crippen LogP contribution is -2.41. The van der Waals surface area contributed by atoms with Gasteiger partial charge in [0.05, 0.1) is 22.6 Å². The van der Waals surface area contributed by atoms with Gasteiger partial charge in [-0.3, -0.25) is 0 Å². The summed E-state index contributed by atoms with van der Waals surface area (Å²) in [5, 5.41) is 3.09. The number of benzene rings is 1. The summed E-state index contributed by atoms with van der Waals surface area (Å²) in [7, 11) is -0.981. The molecule has 2 fully saturated rings. The zero-order valence-corrected chi connectivity index (χ0v) is 15.4. The second-order valence-electron chi connectivity index (χ2n) is 8.13. The average Bonchev–Trinajstić information content (AvgIpc) is 2.76. The highest BCUT2D eigenvalue weighted by Gasteiger charge is 2.52. The fourth-order valence-electron chi connectivity index (χ4n) is 3.41. The highest BCUT2D eigenvalue weighted by molar-refractivity contribution is 6.62. The minimum absolute atomic E-state index is 0.00263. The SMILES string of the molecule is CC1(C)OB(c2cc(N)c(NC3CCCCC3)c(F)c2F)OC1(C)C. The molecule has 3 rings (SSSR count). The topological polar surface area (TPSA) is 56.5 Å². The molecule has 0 radical (unpaired) electrons. The predicted octanol–water partition coefficient (Wildman–Crippen LogP) is 3.59. The van der Waals surface area contributed by atoms with E-state index in [2.05, 4.69) is 5.32 Å². The largest absolute Gasteiger partial charge is 0.498 e. The van der Waals surface area contributed by atoms with E-state index in [1.54, 1.807) is 0 Å². The van der Waals surface area contributed by atoms with Crippen molar-refractivity contribution in [2.24, 2.45) is 0 Å². The summed E-state index contributed by atoms with van der Waals surface area (Å²) in [5.41, 5.74) is 4.99. The number of hydrogen-bond donors (Lipinski definition) is 2. The molecule has 4 nitrogen and oxygen atoms in total. The molecular formula is C18H27BF2N2O2. The van der Waals surface area contributed by atoms with Gasteiger partial charge in [0.2, 0.25) is 0 Å². The first-order chi connectivity index (χ1) is 11.6. The van der Waals surface area contributed by atoms with Crippen LogP contribution < -0.4 is 16.5 Å². The molecule has 1 aromatic carbocycles. The molecule has 0 amide bonds. The predicted molar refractivity (Wildman–Crippen MR) is 97.0 cm³/mol. The molecule has 0 atom stereocenters. The lowest BCUT2D eigenvalue weighted by atomic mass is 9.78. The van der Waals surface area contributed by atoms with Crippen LogP contribution in [-0.2, 0) is 9.31 Å². The van der Waals surface area contributed by atoms with E-state index in [0.717, 1.165) is 25.7 Å². The number of nitrogens with one attached hydrogen (secondary N) is 1. The van der Waals surface area contributed by atoms with E-state index in [1.807, 2.05) is 27.7 Å². The van der Waals surface area contributed by atoms with Crippen LogP contribution in [0.2, 0.25) is 0 Å². The van der Waals surface area contributed by atoms with Crippen molar-refractivity contribution >= 4 is 24.0 Å². The van der Waals surface area contributed by atoms with Gasteiger partial charge in [0.1, 0.15) is 0 Å². The molecule has 2 aliphatic rings. The second-order valence-corrected chi connectivity index (χ2v) is 8.13. The molecule has 0 aromatic heterocycles. The molecule has 1 heterocycles. The summed E-state index contributed by atoms with van der Waals surface area (Å²) in [6.07, 6.45) is 5.26. The highest BCUT2D eigenvalue weighted by atomic mass is 19.2. The summed E-state index contributed by atoms with van der Waals surface area (Å²) < 4.78 is 41.1. The van der Waals surface area contributed by atoms with Crippen molar-refractivity contribution in [2.45, 2.75) is 77.0 Å². The monoisotopic (exact) mass is 352 g/mol. The summed E-state index contributed by atoms with van der Waals surface area (Å²) >= 11 is 0. The van der Waals surface area contributed by atoms with Gasteiger partial charge in [0.15, 0.2) is 11.6 Å². The third kappa shape index (κ3) is 3.36. The van der Waals surface area contributed by atoms with Crippen molar-refractivity contribution in [3.05, 3.63) is 17.7 Å². The van der Waals surface area contributed by atoms with Crippen molar-refractivity contribution < 1.29 is 18.1 Å². The molecule has 7 heteroatoms. The van der Waals surface area contributed by atoms with Gasteiger partial charge in [-0.1, -0.05) is 19.3 Å². The van der Waals surface area contributed by atoms with Crippen LogP contribution in [0.25, 0.3) is 0 Å². The molecule has 0 spiro atoms. The smallest absolute Gasteiger partial charge is 0.399 e. The third-order valence-electron chi connectivity index (χ3n) is 5.73. The average molecular weight is 352 g/mol. The van der Waals surface area contributed by atoms with Crippen LogP contribution in [-0.4, -0.2) is 24.4 Å². The molecular weight excluding hydrogens is 325 g/mol. The second kappa shape index (κ2) is 6.43. The lowest BCUT2D eigenvalue weighted by molar-refractivity contribution is 0.00578. The van der Waals surface area contributed by atoms with E-state index < -0.39 is 30.0 Å². The van der Waals surface area contributed by atoms with E-state index in [4.69, 9.17) is 15.0 Å². The van der Waals surface area contributed by atoms with Crippen LogP contribution >= 0.6 is 0 Å². The zero-order valence-electron chi connectivity index (χ0n) is 15.4. The standard InChI is InChI=1S/C18H27BF2N2O2/c1-17(2)18(3,4)25-19(24-17)12-10-13(22)16(15(21)14(12)20)23-11-8-6-5-7-9-11/h10-11,23H,5-9,22H2,1-4H3. The Morgan fingerprint density at radius 3 is 2.16 bits per heavy atom. The number of halogens is 2. The Bertz CT molecular complexity index is 645. The maximum Gasteiger partial charge on any atom is 0.498 e. The number of anilines is 2. The highest BCUT2D eigenvalue weighted by Crippen LogP contribution is 2.37. The third-order valence-corrected chi connectivity index (χ3v) is 5.73. The van der Waals surface area contributed by atoms with Crippen molar-refractivity contribution in [1.29, 1.82) is 0 Å². The molecule has 1 aliphatic carbocycles. The molecule has 1 saturated carbocycles. The molecule has 0 bridgehead atoms. The van der Waals surface area contributed by atoms with Crippen LogP contribution in [0.4, 0.5) is 20.2 Å². The lowest BCUT2D eigenvalue weighted by Gasteiger charge is -2.32. The summed E-state index contributed by atoms with van der Waals surface area (Å²) in [6, 6.07) is 1.55. The Balaban J connectivity index is 1.88. The molecule has 1 aromatic rings. The summed E-state index contributed by atoms with van der Waals surface area (Å²) in [4.78, 5) is 0. The van der Waals surface area contributed by atoms with E-state index >= 15 is 0 Å². The Morgan fingerprint density at radius 2 is 1.60 bits per heavy atom. The zero-order chi connectivity index (χ0) is 18.4. The van der Waals surface area contributed by atoms with Crippen molar-refractivity contribution in [3.63, 3.8) is 0 Å². The number of rotatable bonds is 3. The number of nitrogen functional groups attached to an aromatic ring is 1. The molecule has 3 N–H and O–H groups in total. The van der Waals surface area contributed by atoms with E-state index in [1.165, 1.54) is 12.5 Å². The summed E-state index contributed by atoms with van der Waals surface area (Å²) in [5.74, 6) is -1.93. The maximum atomic E-state index is 14.7. The van der Waals surface area contributed by atoms with Gasteiger partial charge < -0.3 is 20.4 Å². The quantitative estimate of drug-likeness (QED) is 0.645. The first kappa shape index (κ1) is 18.5. The van der Waals surface area contributed by atoms with Crippen molar-refractivity contribution in [1.82, 2.24) is 0 Å². The number of hydrogen-bond acceptors (Lipinski definition) is 4. The maximum absolute atomic E-state index is 14.7. The van der Waals surface area contributed by atoms with Gasteiger partial charge in [-0.15, -0.1) is 0 Å². The molecule has 0 unspecified atom stereocenters. The minimum Gasteiger partial charge on any atom is -0.399 e. The summed E-state index contributed by atoms with van der Waals surface area (Å²) in [6.45, 7) is 7.46. The van der Waals surface area contributed by atoms with Crippen LogP contribution in [0.5, 0.6) is 0 Å². The van der Waals surface area contributed by atoms with Gasteiger partial charge in [-0.25, -0.2) is 8.78 Å². The number of nitrogens with two attached hydrogens (primary N) is 1. The van der Waals surface area contributed by atoms with Gasteiger partial charge >= 0.3 is 7.12 Å². The molecule has 138 valence electrons. The van der Waals surface area contributed by atoms with Gasteiger partial charge in [0, 0.05) is 11.5 Å². The van der Waals surface area contributed by atoms with Crippen LogP contribution in [0.15, 0.2) is 6.07 Å².